The normalized spacial score (nSPS) is 19.2. The third-order valence-electron chi connectivity index (χ3n) is 5.92. The first-order chi connectivity index (χ1) is 15.7. The molecule has 33 heavy (non-hydrogen) atoms. The van der Waals surface area contributed by atoms with E-state index in [1.807, 2.05) is 30.3 Å². The first-order valence-electron chi connectivity index (χ1n) is 10.6. The van der Waals surface area contributed by atoms with Gasteiger partial charge in [0.15, 0.2) is 12.2 Å². The van der Waals surface area contributed by atoms with Crippen molar-refractivity contribution in [1.29, 1.82) is 0 Å². The minimum Gasteiger partial charge on any atom is -0.483 e. The lowest BCUT2D eigenvalue weighted by Crippen LogP contribution is -2.51. The summed E-state index contributed by atoms with van der Waals surface area (Å²) >= 11 is 0. The van der Waals surface area contributed by atoms with Crippen molar-refractivity contribution >= 4 is 44.6 Å². The number of ether oxygens (including phenoxy) is 3. The van der Waals surface area contributed by atoms with Crippen molar-refractivity contribution in [3.8, 4) is 5.75 Å². The third kappa shape index (κ3) is 3.40. The van der Waals surface area contributed by atoms with Gasteiger partial charge in [-0.2, -0.15) is 0 Å². The number of hydrogen-bond donors (Lipinski definition) is 0. The second-order valence-electron chi connectivity index (χ2n) is 8.74. The fourth-order valence-electron chi connectivity index (χ4n) is 4.53. The zero-order valence-corrected chi connectivity index (χ0v) is 18.6. The molecule has 0 spiro atoms. The van der Waals surface area contributed by atoms with Crippen LogP contribution in [-0.4, -0.2) is 23.6 Å². The minimum absolute atomic E-state index is 0.207. The standard InChI is InChI=1S/C26H22O7/c1-13(27)30-24-18-11-17-20(12-21(18)33-26(3,4)25(24)31-14(2)28)32-19-10-9-15-7-5-6-8-16(15)22(19)23(17)29/h5-12,24-25H,1-4H3/t24-,25-/m1/s1. The lowest BCUT2D eigenvalue weighted by molar-refractivity contribution is -0.187. The Hall–Kier alpha value is -3.87. The molecule has 2 atom stereocenters. The Kier molecular flexibility index (Phi) is 4.67. The smallest absolute Gasteiger partial charge is 0.303 e. The first kappa shape index (κ1) is 21.0. The Morgan fingerprint density at radius 1 is 0.909 bits per heavy atom. The number of carbonyl (C=O) groups excluding carboxylic acids is 2. The summed E-state index contributed by atoms with van der Waals surface area (Å²) in [5.74, 6) is -0.682. The second kappa shape index (κ2) is 7.33. The zero-order chi connectivity index (χ0) is 23.5. The summed E-state index contributed by atoms with van der Waals surface area (Å²) < 4.78 is 23.3. The lowest BCUT2D eigenvalue weighted by atomic mass is 9.87. The van der Waals surface area contributed by atoms with Crippen LogP contribution in [0.15, 0.2) is 57.7 Å². The molecule has 7 heteroatoms. The molecule has 0 N–H and O–H groups in total. The lowest BCUT2D eigenvalue weighted by Gasteiger charge is -2.43. The topological polar surface area (TPSA) is 92.0 Å². The van der Waals surface area contributed by atoms with Crippen LogP contribution in [0.3, 0.4) is 0 Å². The van der Waals surface area contributed by atoms with E-state index in [1.54, 1.807) is 32.0 Å². The van der Waals surface area contributed by atoms with E-state index in [-0.39, 0.29) is 5.43 Å². The van der Waals surface area contributed by atoms with E-state index in [0.717, 1.165) is 10.8 Å². The molecular formula is C26H22O7. The van der Waals surface area contributed by atoms with Gasteiger partial charge in [0.1, 0.15) is 22.5 Å². The van der Waals surface area contributed by atoms with E-state index in [4.69, 9.17) is 18.6 Å². The SMILES string of the molecule is CC(=O)O[C@@H]1c2cc3c(=O)c4c(ccc5ccccc54)oc3cc2OC(C)(C)[C@@H]1OC(C)=O. The van der Waals surface area contributed by atoms with Crippen LogP contribution < -0.4 is 10.2 Å². The molecule has 0 aliphatic carbocycles. The largest absolute Gasteiger partial charge is 0.483 e. The molecule has 7 nitrogen and oxygen atoms in total. The fraction of sp³-hybridized carbons (Fsp3) is 0.269. The van der Waals surface area contributed by atoms with Gasteiger partial charge in [-0.05, 0) is 36.8 Å². The molecular weight excluding hydrogens is 424 g/mol. The van der Waals surface area contributed by atoms with Crippen LogP contribution in [0, 0.1) is 0 Å². The predicted molar refractivity (Wildman–Crippen MR) is 122 cm³/mol. The van der Waals surface area contributed by atoms with Crippen molar-refractivity contribution in [1.82, 2.24) is 0 Å². The van der Waals surface area contributed by atoms with Gasteiger partial charge in [-0.15, -0.1) is 0 Å². The number of esters is 2. The molecule has 168 valence electrons. The van der Waals surface area contributed by atoms with E-state index in [9.17, 15) is 14.4 Å². The zero-order valence-electron chi connectivity index (χ0n) is 18.6. The van der Waals surface area contributed by atoms with Crippen LogP contribution in [0.5, 0.6) is 5.75 Å². The fourth-order valence-corrected chi connectivity index (χ4v) is 4.53. The van der Waals surface area contributed by atoms with E-state index < -0.39 is 29.7 Å². The highest BCUT2D eigenvalue weighted by Gasteiger charge is 2.48. The molecule has 0 fully saturated rings. The van der Waals surface area contributed by atoms with Crippen LogP contribution >= 0.6 is 0 Å². The number of benzene rings is 3. The highest BCUT2D eigenvalue weighted by molar-refractivity contribution is 6.08. The van der Waals surface area contributed by atoms with Crippen LogP contribution in [0.2, 0.25) is 0 Å². The van der Waals surface area contributed by atoms with E-state index in [2.05, 4.69) is 0 Å². The van der Waals surface area contributed by atoms with Crippen molar-refractivity contribution in [3.63, 3.8) is 0 Å². The average Bonchev–Trinajstić information content (AvgIpc) is 2.74. The van der Waals surface area contributed by atoms with Gasteiger partial charge in [-0.25, -0.2) is 0 Å². The third-order valence-corrected chi connectivity index (χ3v) is 5.92. The van der Waals surface area contributed by atoms with Gasteiger partial charge in [0.25, 0.3) is 0 Å². The monoisotopic (exact) mass is 446 g/mol. The van der Waals surface area contributed by atoms with E-state index >= 15 is 0 Å². The minimum atomic E-state index is -1.00. The molecule has 4 aromatic rings. The molecule has 0 amide bonds. The number of rotatable bonds is 2. The van der Waals surface area contributed by atoms with Gasteiger partial charge in [0, 0.05) is 25.5 Å². The van der Waals surface area contributed by atoms with Gasteiger partial charge < -0.3 is 18.6 Å². The Labute approximate surface area is 188 Å². The van der Waals surface area contributed by atoms with Gasteiger partial charge in [-0.1, -0.05) is 30.3 Å². The Bertz CT molecular complexity index is 1510. The predicted octanol–water partition coefficient (Wildman–Crippen LogP) is 4.81. The number of hydrogen-bond acceptors (Lipinski definition) is 7. The first-order valence-corrected chi connectivity index (χ1v) is 10.6. The van der Waals surface area contributed by atoms with Gasteiger partial charge in [0.05, 0.1) is 10.8 Å². The molecule has 0 unspecified atom stereocenters. The van der Waals surface area contributed by atoms with Crippen molar-refractivity contribution in [2.75, 3.05) is 0 Å². The molecule has 0 radical (unpaired) electrons. The van der Waals surface area contributed by atoms with Crippen LogP contribution in [0.25, 0.3) is 32.7 Å². The summed E-state index contributed by atoms with van der Waals surface area (Å²) in [5.41, 5.74) is 0.0524. The summed E-state index contributed by atoms with van der Waals surface area (Å²) in [7, 11) is 0. The Morgan fingerprint density at radius 2 is 1.64 bits per heavy atom. The molecule has 1 aliphatic rings. The number of fused-ring (bicyclic) bond motifs is 5. The van der Waals surface area contributed by atoms with Crippen molar-refractivity contribution in [2.45, 2.75) is 45.5 Å². The molecule has 1 aromatic heterocycles. The summed E-state index contributed by atoms with van der Waals surface area (Å²) in [6.07, 6.45) is -1.85. The van der Waals surface area contributed by atoms with Crippen LogP contribution in [0.4, 0.5) is 0 Å². The second-order valence-corrected chi connectivity index (χ2v) is 8.74. The highest BCUT2D eigenvalue weighted by Crippen LogP contribution is 2.45. The molecule has 2 heterocycles. The molecule has 3 aromatic carbocycles. The maximum atomic E-state index is 13.6. The molecule has 1 aliphatic heterocycles. The summed E-state index contributed by atoms with van der Waals surface area (Å²) in [4.78, 5) is 37.3. The maximum Gasteiger partial charge on any atom is 0.303 e. The molecule has 0 saturated carbocycles. The summed E-state index contributed by atoms with van der Waals surface area (Å²) in [6, 6.07) is 14.5. The molecule has 0 bridgehead atoms. The van der Waals surface area contributed by atoms with E-state index in [0.29, 0.717) is 33.3 Å². The van der Waals surface area contributed by atoms with Crippen molar-refractivity contribution < 1.29 is 28.2 Å². The maximum absolute atomic E-state index is 13.6. The summed E-state index contributed by atoms with van der Waals surface area (Å²) in [5, 5.41) is 2.50. The molecule has 0 saturated heterocycles. The van der Waals surface area contributed by atoms with Gasteiger partial charge in [-0.3, -0.25) is 14.4 Å². The van der Waals surface area contributed by atoms with Gasteiger partial charge >= 0.3 is 11.9 Å². The Morgan fingerprint density at radius 3 is 2.36 bits per heavy atom. The summed E-state index contributed by atoms with van der Waals surface area (Å²) in [6.45, 7) is 6.05. The average molecular weight is 446 g/mol. The molecule has 5 rings (SSSR count). The van der Waals surface area contributed by atoms with Crippen LogP contribution in [-0.2, 0) is 19.1 Å². The van der Waals surface area contributed by atoms with E-state index in [1.165, 1.54) is 13.8 Å². The van der Waals surface area contributed by atoms with Crippen LogP contribution in [0.1, 0.15) is 39.4 Å². The highest BCUT2D eigenvalue weighted by atomic mass is 16.6. The van der Waals surface area contributed by atoms with Gasteiger partial charge in [0.2, 0.25) is 5.43 Å². The quantitative estimate of drug-likeness (QED) is 0.248. The number of carbonyl (C=O) groups is 2. The van der Waals surface area contributed by atoms with Crippen molar-refractivity contribution in [3.05, 3.63) is 64.3 Å². The van der Waals surface area contributed by atoms with Crippen molar-refractivity contribution in [2.24, 2.45) is 0 Å². The Balaban J connectivity index is 1.81.